The number of nitrogens with two attached hydrogens (primary N) is 1. The van der Waals surface area contributed by atoms with Crippen LogP contribution < -0.4 is 5.73 Å². The molecular weight excluding hydrogens is 261 g/mol. The highest BCUT2D eigenvalue weighted by Crippen LogP contribution is 2.27. The van der Waals surface area contributed by atoms with Gasteiger partial charge in [0.2, 0.25) is 5.95 Å². The standard InChI is InChI=1S/C14H20FN3S/c1-4-19-6-5-10(3)18-13-7-9(2)11(15)8-12(13)17-14(18)16/h7-8,10H,4-6H2,1-3H3,(H2,16,17). The van der Waals surface area contributed by atoms with Crippen LogP contribution in [0.3, 0.4) is 0 Å². The smallest absolute Gasteiger partial charge is 0.201 e. The molecule has 1 aromatic heterocycles. The van der Waals surface area contributed by atoms with E-state index in [1.165, 1.54) is 6.07 Å². The van der Waals surface area contributed by atoms with Crippen molar-refractivity contribution < 1.29 is 4.39 Å². The van der Waals surface area contributed by atoms with E-state index in [1.54, 1.807) is 6.92 Å². The topological polar surface area (TPSA) is 43.8 Å². The van der Waals surface area contributed by atoms with Crippen LogP contribution in [0, 0.1) is 12.7 Å². The van der Waals surface area contributed by atoms with Crippen molar-refractivity contribution in [3.63, 3.8) is 0 Å². The average molecular weight is 281 g/mol. The van der Waals surface area contributed by atoms with Gasteiger partial charge in [-0.05, 0) is 43.4 Å². The zero-order chi connectivity index (χ0) is 14.0. The number of anilines is 1. The van der Waals surface area contributed by atoms with Crippen molar-refractivity contribution in [3.8, 4) is 0 Å². The maximum Gasteiger partial charge on any atom is 0.201 e. The molecule has 0 saturated carbocycles. The second-order valence-corrected chi connectivity index (χ2v) is 6.16. The van der Waals surface area contributed by atoms with Crippen LogP contribution >= 0.6 is 11.8 Å². The zero-order valence-electron chi connectivity index (χ0n) is 11.6. The maximum atomic E-state index is 13.5. The second kappa shape index (κ2) is 5.82. The van der Waals surface area contributed by atoms with Gasteiger partial charge in [-0.15, -0.1) is 0 Å². The number of hydrogen-bond acceptors (Lipinski definition) is 3. The molecule has 0 bridgehead atoms. The third kappa shape index (κ3) is 2.86. The summed E-state index contributed by atoms with van der Waals surface area (Å²) < 4.78 is 15.6. The summed E-state index contributed by atoms with van der Waals surface area (Å²) in [4.78, 5) is 4.26. The first-order valence-corrected chi connectivity index (χ1v) is 7.71. The molecule has 1 heterocycles. The molecule has 1 unspecified atom stereocenters. The van der Waals surface area contributed by atoms with Crippen LogP contribution in [0.5, 0.6) is 0 Å². The molecule has 2 N–H and O–H groups in total. The molecule has 0 fully saturated rings. The number of aromatic nitrogens is 2. The second-order valence-electron chi connectivity index (χ2n) is 4.76. The molecule has 0 amide bonds. The van der Waals surface area contributed by atoms with Gasteiger partial charge in [-0.3, -0.25) is 0 Å². The Kier molecular flexibility index (Phi) is 4.34. The van der Waals surface area contributed by atoms with Crippen LogP contribution in [0.4, 0.5) is 10.3 Å². The fourth-order valence-electron chi connectivity index (χ4n) is 2.23. The largest absolute Gasteiger partial charge is 0.369 e. The molecule has 2 aromatic rings. The Balaban J connectivity index is 2.36. The number of nitrogens with zero attached hydrogens (tertiary/aromatic N) is 2. The Labute approximate surface area is 117 Å². The number of aryl methyl sites for hydroxylation is 1. The Bertz CT molecular complexity index is 580. The molecule has 0 aliphatic heterocycles. The lowest BCUT2D eigenvalue weighted by atomic mass is 10.2. The lowest BCUT2D eigenvalue weighted by Crippen LogP contribution is -2.10. The zero-order valence-corrected chi connectivity index (χ0v) is 12.4. The number of nitrogen functional groups attached to an aromatic ring is 1. The van der Waals surface area contributed by atoms with Crippen molar-refractivity contribution in [2.45, 2.75) is 33.2 Å². The molecule has 0 aliphatic rings. The number of hydrogen-bond donors (Lipinski definition) is 1. The van der Waals surface area contributed by atoms with Crippen LogP contribution in [0.2, 0.25) is 0 Å². The molecule has 2 rings (SSSR count). The normalized spacial score (nSPS) is 13.1. The molecule has 1 aromatic carbocycles. The maximum absolute atomic E-state index is 13.5. The third-order valence-corrected chi connectivity index (χ3v) is 4.25. The van der Waals surface area contributed by atoms with Crippen LogP contribution in [0.15, 0.2) is 12.1 Å². The molecule has 1 atom stereocenters. The van der Waals surface area contributed by atoms with Crippen LogP contribution in [-0.2, 0) is 0 Å². The van der Waals surface area contributed by atoms with E-state index < -0.39 is 0 Å². The number of imidazole rings is 1. The van der Waals surface area contributed by atoms with Gasteiger partial charge < -0.3 is 10.3 Å². The van der Waals surface area contributed by atoms with Crippen molar-refractivity contribution in [1.82, 2.24) is 9.55 Å². The SMILES string of the molecule is CCSCCC(C)n1c(N)nc2cc(F)c(C)cc21. The van der Waals surface area contributed by atoms with E-state index in [0.29, 0.717) is 17.0 Å². The van der Waals surface area contributed by atoms with Gasteiger partial charge in [0.15, 0.2) is 0 Å². The predicted molar refractivity (Wildman–Crippen MR) is 81.2 cm³/mol. The van der Waals surface area contributed by atoms with Gasteiger partial charge in [0.05, 0.1) is 11.0 Å². The lowest BCUT2D eigenvalue weighted by molar-refractivity contribution is 0.555. The summed E-state index contributed by atoms with van der Waals surface area (Å²) in [6.07, 6.45) is 1.03. The van der Waals surface area contributed by atoms with Gasteiger partial charge in [-0.25, -0.2) is 9.37 Å². The highest BCUT2D eigenvalue weighted by Gasteiger charge is 2.15. The van der Waals surface area contributed by atoms with E-state index in [-0.39, 0.29) is 11.9 Å². The quantitative estimate of drug-likeness (QED) is 0.848. The average Bonchev–Trinajstić information content (AvgIpc) is 2.65. The Morgan fingerprint density at radius 1 is 1.47 bits per heavy atom. The van der Waals surface area contributed by atoms with Gasteiger partial charge in [0.1, 0.15) is 5.82 Å². The van der Waals surface area contributed by atoms with Gasteiger partial charge in [-0.1, -0.05) is 6.92 Å². The van der Waals surface area contributed by atoms with Crippen molar-refractivity contribution in [2.75, 3.05) is 17.2 Å². The van der Waals surface area contributed by atoms with E-state index in [9.17, 15) is 4.39 Å². The van der Waals surface area contributed by atoms with Crippen molar-refractivity contribution in [3.05, 3.63) is 23.5 Å². The minimum absolute atomic E-state index is 0.230. The van der Waals surface area contributed by atoms with Crippen LogP contribution in [0.1, 0.15) is 31.9 Å². The summed E-state index contributed by atoms with van der Waals surface area (Å²) >= 11 is 1.92. The van der Waals surface area contributed by atoms with E-state index in [1.807, 2.05) is 22.4 Å². The first kappa shape index (κ1) is 14.2. The van der Waals surface area contributed by atoms with Crippen molar-refractivity contribution in [2.24, 2.45) is 0 Å². The first-order chi connectivity index (χ1) is 9.04. The molecule has 0 saturated heterocycles. The van der Waals surface area contributed by atoms with Crippen molar-refractivity contribution >= 4 is 28.7 Å². The Morgan fingerprint density at radius 3 is 2.89 bits per heavy atom. The van der Waals surface area contributed by atoms with Crippen LogP contribution in [0.25, 0.3) is 11.0 Å². The van der Waals surface area contributed by atoms with E-state index >= 15 is 0 Å². The number of rotatable bonds is 5. The summed E-state index contributed by atoms with van der Waals surface area (Å²) in [7, 11) is 0. The van der Waals surface area contributed by atoms with Gasteiger partial charge >= 0.3 is 0 Å². The van der Waals surface area contributed by atoms with Gasteiger partial charge in [0, 0.05) is 12.1 Å². The molecule has 19 heavy (non-hydrogen) atoms. The first-order valence-electron chi connectivity index (χ1n) is 6.56. The number of benzene rings is 1. The third-order valence-electron chi connectivity index (χ3n) is 3.32. The van der Waals surface area contributed by atoms with E-state index in [4.69, 9.17) is 5.73 Å². The number of halogens is 1. The van der Waals surface area contributed by atoms with Crippen LogP contribution in [-0.4, -0.2) is 21.1 Å². The minimum atomic E-state index is -0.230. The molecule has 5 heteroatoms. The Hall–Kier alpha value is -1.23. The lowest BCUT2D eigenvalue weighted by Gasteiger charge is -2.15. The van der Waals surface area contributed by atoms with E-state index in [2.05, 4.69) is 18.8 Å². The van der Waals surface area contributed by atoms with Gasteiger partial charge in [0.25, 0.3) is 0 Å². The molecule has 104 valence electrons. The molecule has 0 radical (unpaired) electrons. The highest BCUT2D eigenvalue weighted by molar-refractivity contribution is 7.99. The summed E-state index contributed by atoms with van der Waals surface area (Å²) in [5.74, 6) is 2.45. The predicted octanol–water partition coefficient (Wildman–Crippen LogP) is 3.77. The highest BCUT2D eigenvalue weighted by atomic mass is 32.2. The van der Waals surface area contributed by atoms with Crippen molar-refractivity contribution in [1.29, 1.82) is 0 Å². The number of thioether (sulfide) groups is 1. The molecular formula is C14H20FN3S. The minimum Gasteiger partial charge on any atom is -0.369 e. The monoisotopic (exact) mass is 281 g/mol. The van der Waals surface area contributed by atoms with Gasteiger partial charge in [-0.2, -0.15) is 11.8 Å². The van der Waals surface area contributed by atoms with E-state index in [0.717, 1.165) is 23.4 Å². The summed E-state index contributed by atoms with van der Waals surface area (Å²) in [5.41, 5.74) is 8.17. The Morgan fingerprint density at radius 2 is 2.21 bits per heavy atom. The molecule has 0 aliphatic carbocycles. The summed E-state index contributed by atoms with van der Waals surface area (Å²) in [6, 6.07) is 3.57. The number of fused-ring (bicyclic) bond motifs is 1. The fraction of sp³-hybridized carbons (Fsp3) is 0.500. The molecule has 3 nitrogen and oxygen atoms in total. The molecule has 0 spiro atoms. The summed E-state index contributed by atoms with van der Waals surface area (Å²) in [6.45, 7) is 6.05. The summed E-state index contributed by atoms with van der Waals surface area (Å²) in [5, 5.41) is 0. The fourth-order valence-corrected chi connectivity index (χ4v) is 3.03.